The zero-order valence-corrected chi connectivity index (χ0v) is 9.86. The summed E-state index contributed by atoms with van der Waals surface area (Å²) in [6, 6.07) is -1.14. The lowest BCUT2D eigenvalue weighted by Crippen LogP contribution is -2.38. The Kier molecular flexibility index (Phi) is 2.75. The fraction of sp³-hybridized carbons (Fsp3) is 0.500. The molecule has 0 aliphatic carbocycles. The topological polar surface area (TPSA) is 55.0 Å². The van der Waals surface area contributed by atoms with E-state index in [4.69, 9.17) is 5.73 Å². The van der Waals surface area contributed by atoms with Crippen molar-refractivity contribution in [1.82, 2.24) is 9.97 Å². The first kappa shape index (κ1) is 10.9. The third-order valence-electron chi connectivity index (χ3n) is 2.25. The molecule has 1 unspecified atom stereocenters. The highest BCUT2D eigenvalue weighted by atomic mass is 127. The number of hydrogen-bond donors (Lipinski definition) is 1. The molecule has 1 fully saturated rings. The van der Waals surface area contributed by atoms with E-state index in [1.54, 1.807) is 12.4 Å². The lowest BCUT2D eigenvalue weighted by Gasteiger charge is -2.14. The van der Waals surface area contributed by atoms with Crippen molar-refractivity contribution in [3.05, 3.63) is 16.0 Å². The first-order valence-electron chi connectivity index (χ1n) is 4.35. The molecule has 1 aliphatic heterocycles. The summed E-state index contributed by atoms with van der Waals surface area (Å²) in [4.78, 5) is 9.36. The fourth-order valence-corrected chi connectivity index (χ4v) is 1.71. The van der Waals surface area contributed by atoms with Crippen molar-refractivity contribution in [2.45, 2.75) is 12.0 Å². The molecule has 0 saturated carbocycles. The van der Waals surface area contributed by atoms with Crippen LogP contribution >= 0.6 is 22.6 Å². The lowest BCUT2D eigenvalue weighted by atomic mass is 10.2. The highest BCUT2D eigenvalue weighted by Gasteiger charge is 2.46. The minimum Gasteiger partial charge on any atom is -0.333 e. The van der Waals surface area contributed by atoms with Crippen molar-refractivity contribution < 1.29 is 8.78 Å². The van der Waals surface area contributed by atoms with Gasteiger partial charge in [-0.15, -0.1) is 0 Å². The minimum absolute atomic E-state index is 0.0909. The standard InChI is InChI=1S/C8H9F2IN4/c9-8(10)4-15(3-6(8)12)7-13-1-5(11)2-14-7/h1-2,6H,3-4,12H2. The van der Waals surface area contributed by atoms with Crippen LogP contribution in [0.25, 0.3) is 0 Å². The number of rotatable bonds is 1. The van der Waals surface area contributed by atoms with Gasteiger partial charge in [-0.25, -0.2) is 18.7 Å². The SMILES string of the molecule is NC1CN(c2ncc(I)cn2)CC1(F)F. The van der Waals surface area contributed by atoms with Crippen molar-refractivity contribution in [1.29, 1.82) is 0 Å². The van der Waals surface area contributed by atoms with Gasteiger partial charge in [-0.3, -0.25) is 0 Å². The average Bonchev–Trinajstić information content (AvgIpc) is 2.42. The monoisotopic (exact) mass is 326 g/mol. The summed E-state index contributed by atoms with van der Waals surface area (Å²) in [6.45, 7) is -0.317. The van der Waals surface area contributed by atoms with Gasteiger partial charge in [0.1, 0.15) is 0 Å². The Bertz CT molecular complexity index is 356. The van der Waals surface area contributed by atoms with E-state index >= 15 is 0 Å². The van der Waals surface area contributed by atoms with E-state index in [1.165, 1.54) is 4.90 Å². The molecule has 2 N–H and O–H groups in total. The highest BCUT2D eigenvalue weighted by Crippen LogP contribution is 2.28. The van der Waals surface area contributed by atoms with Gasteiger partial charge in [0.25, 0.3) is 5.92 Å². The maximum absolute atomic E-state index is 13.1. The highest BCUT2D eigenvalue weighted by molar-refractivity contribution is 14.1. The largest absolute Gasteiger partial charge is 0.333 e. The molecule has 1 aromatic rings. The summed E-state index contributed by atoms with van der Waals surface area (Å²) >= 11 is 2.05. The van der Waals surface area contributed by atoms with E-state index < -0.39 is 18.5 Å². The Balaban J connectivity index is 2.17. The average molecular weight is 326 g/mol. The molecule has 82 valence electrons. The number of nitrogens with two attached hydrogens (primary N) is 1. The summed E-state index contributed by atoms with van der Waals surface area (Å²) in [5, 5.41) is 0. The van der Waals surface area contributed by atoms with Gasteiger partial charge in [-0.2, -0.15) is 0 Å². The minimum atomic E-state index is -2.85. The van der Waals surface area contributed by atoms with E-state index in [2.05, 4.69) is 32.6 Å². The maximum Gasteiger partial charge on any atom is 0.281 e. The predicted octanol–water partition coefficient (Wildman–Crippen LogP) is 0.864. The van der Waals surface area contributed by atoms with E-state index in [-0.39, 0.29) is 6.54 Å². The van der Waals surface area contributed by atoms with Crippen LogP contribution in [0.5, 0.6) is 0 Å². The van der Waals surface area contributed by atoms with Gasteiger partial charge in [0.2, 0.25) is 5.95 Å². The molecule has 0 radical (unpaired) electrons. The summed E-state index contributed by atoms with van der Waals surface area (Å²) in [5.41, 5.74) is 5.32. The van der Waals surface area contributed by atoms with Crippen molar-refractivity contribution in [2.75, 3.05) is 18.0 Å². The van der Waals surface area contributed by atoms with Crippen molar-refractivity contribution in [3.63, 3.8) is 0 Å². The van der Waals surface area contributed by atoms with Crippen LogP contribution in [-0.4, -0.2) is 35.0 Å². The summed E-state index contributed by atoms with van der Waals surface area (Å²) in [7, 11) is 0. The van der Waals surface area contributed by atoms with Crippen molar-refractivity contribution in [3.8, 4) is 0 Å². The molecule has 1 aliphatic rings. The number of anilines is 1. The quantitative estimate of drug-likeness (QED) is 0.778. The Morgan fingerprint density at radius 1 is 1.47 bits per heavy atom. The zero-order chi connectivity index (χ0) is 11.1. The fourth-order valence-electron chi connectivity index (χ4n) is 1.43. The van der Waals surface area contributed by atoms with Gasteiger partial charge >= 0.3 is 0 Å². The van der Waals surface area contributed by atoms with Gasteiger partial charge in [-0.05, 0) is 22.6 Å². The number of nitrogens with zero attached hydrogens (tertiary/aromatic N) is 3. The van der Waals surface area contributed by atoms with Crippen LogP contribution in [0.4, 0.5) is 14.7 Å². The van der Waals surface area contributed by atoms with Crippen LogP contribution < -0.4 is 10.6 Å². The molecule has 0 amide bonds. The summed E-state index contributed by atoms with van der Waals surface area (Å²) in [6.07, 6.45) is 3.18. The van der Waals surface area contributed by atoms with Crippen LogP contribution in [0.15, 0.2) is 12.4 Å². The van der Waals surface area contributed by atoms with Crippen LogP contribution in [0.3, 0.4) is 0 Å². The van der Waals surface area contributed by atoms with Crippen molar-refractivity contribution in [2.24, 2.45) is 5.73 Å². The normalized spacial score (nSPS) is 24.5. The Labute approximate surface area is 99.0 Å². The van der Waals surface area contributed by atoms with Gasteiger partial charge in [0.15, 0.2) is 0 Å². The van der Waals surface area contributed by atoms with Crippen LogP contribution in [0, 0.1) is 3.57 Å². The number of alkyl halides is 2. The third kappa shape index (κ3) is 2.17. The molecule has 1 saturated heterocycles. The third-order valence-corrected chi connectivity index (χ3v) is 2.81. The Hall–Kier alpha value is -0.570. The van der Waals surface area contributed by atoms with E-state index in [0.29, 0.717) is 5.95 Å². The van der Waals surface area contributed by atoms with Crippen LogP contribution in [0.2, 0.25) is 0 Å². The summed E-state index contributed by atoms with van der Waals surface area (Å²) < 4.78 is 27.1. The predicted molar refractivity (Wildman–Crippen MR) is 59.9 cm³/mol. The van der Waals surface area contributed by atoms with Crippen molar-refractivity contribution >= 4 is 28.5 Å². The van der Waals surface area contributed by atoms with Gasteiger partial charge in [-0.1, -0.05) is 0 Å². The molecule has 1 aromatic heterocycles. The molecule has 4 nitrogen and oxygen atoms in total. The van der Waals surface area contributed by atoms with Crippen LogP contribution in [-0.2, 0) is 0 Å². The van der Waals surface area contributed by atoms with Gasteiger partial charge < -0.3 is 10.6 Å². The lowest BCUT2D eigenvalue weighted by molar-refractivity contribution is 0.00959. The Morgan fingerprint density at radius 3 is 2.53 bits per heavy atom. The molecule has 2 heterocycles. The molecule has 0 aromatic carbocycles. The smallest absolute Gasteiger partial charge is 0.281 e. The molecule has 15 heavy (non-hydrogen) atoms. The molecule has 7 heteroatoms. The van der Waals surface area contributed by atoms with Gasteiger partial charge in [0, 0.05) is 22.5 Å². The molecule has 0 bridgehead atoms. The first-order valence-corrected chi connectivity index (χ1v) is 5.43. The molecule has 1 atom stereocenters. The second-order valence-electron chi connectivity index (χ2n) is 3.45. The van der Waals surface area contributed by atoms with E-state index in [9.17, 15) is 8.78 Å². The first-order chi connectivity index (χ1) is 6.99. The van der Waals surface area contributed by atoms with Gasteiger partial charge in [0.05, 0.1) is 12.6 Å². The summed E-state index contributed by atoms with van der Waals surface area (Å²) in [5.74, 6) is -2.55. The zero-order valence-electron chi connectivity index (χ0n) is 7.70. The molecule has 0 spiro atoms. The van der Waals surface area contributed by atoms with E-state index in [0.717, 1.165) is 3.57 Å². The number of hydrogen-bond acceptors (Lipinski definition) is 4. The second-order valence-corrected chi connectivity index (χ2v) is 4.69. The molecular formula is C8H9F2IN4. The molecular weight excluding hydrogens is 317 g/mol. The maximum atomic E-state index is 13.1. The van der Waals surface area contributed by atoms with E-state index in [1.807, 2.05) is 0 Å². The number of aromatic nitrogens is 2. The number of halogens is 3. The Morgan fingerprint density at radius 2 is 2.07 bits per heavy atom. The second kappa shape index (κ2) is 3.78. The molecule has 2 rings (SSSR count). The van der Waals surface area contributed by atoms with Crippen LogP contribution in [0.1, 0.15) is 0 Å².